The molecule has 0 amide bonds. The number of hydrogen-bond acceptors (Lipinski definition) is 3. The van der Waals surface area contributed by atoms with E-state index in [1.54, 1.807) is 11.3 Å². The zero-order chi connectivity index (χ0) is 11.5. The van der Waals surface area contributed by atoms with Gasteiger partial charge in [-0.2, -0.15) is 5.10 Å². The van der Waals surface area contributed by atoms with Crippen LogP contribution in [-0.4, -0.2) is 9.78 Å². The first-order valence-corrected chi connectivity index (χ1v) is 6.79. The molecule has 86 valence electrons. The molecule has 1 atom stereocenters. The van der Waals surface area contributed by atoms with Crippen molar-refractivity contribution in [1.29, 1.82) is 0 Å². The number of thiophene rings is 1. The highest BCUT2D eigenvalue weighted by molar-refractivity contribution is 9.10. The Morgan fingerprint density at radius 2 is 2.38 bits per heavy atom. The number of nitrogens with zero attached hydrogens (tertiary/aromatic N) is 2. The molecule has 2 rings (SSSR count). The number of nitrogens with one attached hydrogen (secondary N) is 1. The van der Waals surface area contributed by atoms with Gasteiger partial charge in [0, 0.05) is 35.2 Å². The van der Waals surface area contributed by atoms with Crippen LogP contribution in [0.1, 0.15) is 23.5 Å². The minimum Gasteiger partial charge on any atom is -0.304 e. The van der Waals surface area contributed by atoms with Crippen LogP contribution in [0.25, 0.3) is 0 Å². The summed E-state index contributed by atoms with van der Waals surface area (Å²) < 4.78 is 3.07. The van der Waals surface area contributed by atoms with E-state index in [2.05, 4.69) is 44.7 Å². The molecule has 0 bridgehead atoms. The molecule has 0 aliphatic carbocycles. The topological polar surface area (TPSA) is 29.9 Å². The van der Waals surface area contributed by atoms with E-state index in [1.165, 1.54) is 15.0 Å². The number of rotatable bonds is 4. The number of aromatic nitrogens is 2. The standard InChI is InChI=1S/C11H14BrN3S/c1-8(11-10(12)4-6-16-11)13-7-9-3-5-14-15(9)2/h3-6,8,13H,7H2,1-2H3. The molecular weight excluding hydrogens is 286 g/mol. The first kappa shape index (κ1) is 11.8. The van der Waals surface area contributed by atoms with E-state index in [0.29, 0.717) is 6.04 Å². The van der Waals surface area contributed by atoms with Crippen molar-refractivity contribution >= 4 is 27.3 Å². The van der Waals surface area contributed by atoms with Crippen molar-refractivity contribution in [2.24, 2.45) is 7.05 Å². The smallest absolute Gasteiger partial charge is 0.0518 e. The first-order chi connectivity index (χ1) is 7.68. The van der Waals surface area contributed by atoms with Gasteiger partial charge in [-0.3, -0.25) is 4.68 Å². The van der Waals surface area contributed by atoms with E-state index in [9.17, 15) is 0 Å². The van der Waals surface area contributed by atoms with Crippen molar-refractivity contribution in [3.8, 4) is 0 Å². The van der Waals surface area contributed by atoms with E-state index in [0.717, 1.165) is 6.54 Å². The van der Waals surface area contributed by atoms with Gasteiger partial charge in [0.2, 0.25) is 0 Å². The SMILES string of the molecule is CC(NCc1ccnn1C)c1sccc1Br. The van der Waals surface area contributed by atoms with Gasteiger partial charge < -0.3 is 5.32 Å². The Bertz CT molecular complexity index is 463. The monoisotopic (exact) mass is 299 g/mol. The third-order valence-electron chi connectivity index (χ3n) is 2.55. The molecule has 0 radical (unpaired) electrons. The minimum atomic E-state index is 0.351. The summed E-state index contributed by atoms with van der Waals surface area (Å²) >= 11 is 5.32. The lowest BCUT2D eigenvalue weighted by Gasteiger charge is -2.12. The Kier molecular flexibility index (Phi) is 3.78. The van der Waals surface area contributed by atoms with E-state index < -0.39 is 0 Å². The molecular formula is C11H14BrN3S. The first-order valence-electron chi connectivity index (χ1n) is 5.11. The van der Waals surface area contributed by atoms with Gasteiger partial charge in [-0.1, -0.05) is 0 Å². The lowest BCUT2D eigenvalue weighted by Crippen LogP contribution is -2.19. The Morgan fingerprint density at radius 1 is 1.56 bits per heavy atom. The largest absolute Gasteiger partial charge is 0.304 e. The fourth-order valence-corrected chi connectivity index (χ4v) is 3.29. The maximum Gasteiger partial charge on any atom is 0.0518 e. The van der Waals surface area contributed by atoms with Gasteiger partial charge in [0.1, 0.15) is 0 Å². The highest BCUT2D eigenvalue weighted by Gasteiger charge is 2.10. The van der Waals surface area contributed by atoms with Crippen LogP contribution >= 0.6 is 27.3 Å². The van der Waals surface area contributed by atoms with Crippen LogP contribution in [0.5, 0.6) is 0 Å². The highest BCUT2D eigenvalue weighted by atomic mass is 79.9. The molecule has 16 heavy (non-hydrogen) atoms. The van der Waals surface area contributed by atoms with Crippen LogP contribution in [0, 0.1) is 0 Å². The van der Waals surface area contributed by atoms with Gasteiger partial charge in [0.15, 0.2) is 0 Å². The van der Waals surface area contributed by atoms with Gasteiger partial charge in [-0.15, -0.1) is 11.3 Å². The molecule has 5 heteroatoms. The Balaban J connectivity index is 1.97. The highest BCUT2D eigenvalue weighted by Crippen LogP contribution is 2.28. The van der Waals surface area contributed by atoms with Crippen molar-refractivity contribution in [2.45, 2.75) is 19.5 Å². The zero-order valence-corrected chi connectivity index (χ0v) is 11.7. The molecule has 0 saturated carbocycles. The van der Waals surface area contributed by atoms with E-state index >= 15 is 0 Å². The predicted octanol–water partition coefficient (Wildman–Crippen LogP) is 3.09. The van der Waals surface area contributed by atoms with Gasteiger partial charge >= 0.3 is 0 Å². The maximum atomic E-state index is 4.14. The maximum absolute atomic E-state index is 4.14. The van der Waals surface area contributed by atoms with Gasteiger partial charge in [0.25, 0.3) is 0 Å². The molecule has 0 spiro atoms. The summed E-state index contributed by atoms with van der Waals surface area (Å²) in [5, 5.41) is 9.73. The molecule has 0 fully saturated rings. The van der Waals surface area contributed by atoms with Crippen LogP contribution in [0.2, 0.25) is 0 Å². The predicted molar refractivity (Wildman–Crippen MR) is 70.5 cm³/mol. The van der Waals surface area contributed by atoms with E-state index in [1.807, 2.05) is 24.0 Å². The van der Waals surface area contributed by atoms with Crippen LogP contribution < -0.4 is 5.32 Å². The number of aryl methyl sites for hydroxylation is 1. The third kappa shape index (κ3) is 2.53. The van der Waals surface area contributed by atoms with Crippen LogP contribution in [0.15, 0.2) is 28.2 Å². The van der Waals surface area contributed by atoms with Crippen molar-refractivity contribution in [3.05, 3.63) is 38.8 Å². The van der Waals surface area contributed by atoms with Gasteiger partial charge in [-0.25, -0.2) is 0 Å². The average molecular weight is 300 g/mol. The Morgan fingerprint density at radius 3 is 2.94 bits per heavy atom. The number of hydrogen-bond donors (Lipinski definition) is 1. The lowest BCUT2D eigenvalue weighted by atomic mass is 10.2. The van der Waals surface area contributed by atoms with Crippen molar-refractivity contribution in [3.63, 3.8) is 0 Å². The van der Waals surface area contributed by atoms with E-state index in [4.69, 9.17) is 0 Å². The summed E-state index contributed by atoms with van der Waals surface area (Å²) in [6.45, 7) is 3.01. The second kappa shape index (κ2) is 5.12. The fraction of sp³-hybridized carbons (Fsp3) is 0.364. The third-order valence-corrected chi connectivity index (χ3v) is 4.60. The molecule has 0 saturated heterocycles. The molecule has 0 aromatic carbocycles. The quantitative estimate of drug-likeness (QED) is 0.940. The average Bonchev–Trinajstić information content (AvgIpc) is 2.84. The van der Waals surface area contributed by atoms with Gasteiger partial charge in [-0.05, 0) is 40.4 Å². The molecule has 0 aliphatic rings. The van der Waals surface area contributed by atoms with Crippen molar-refractivity contribution < 1.29 is 0 Å². The van der Waals surface area contributed by atoms with Gasteiger partial charge in [0.05, 0.1) is 5.69 Å². The summed E-state index contributed by atoms with van der Waals surface area (Å²) in [7, 11) is 1.96. The second-order valence-corrected chi connectivity index (χ2v) is 5.48. The zero-order valence-electron chi connectivity index (χ0n) is 9.27. The molecule has 1 N–H and O–H groups in total. The molecule has 3 nitrogen and oxygen atoms in total. The van der Waals surface area contributed by atoms with Crippen molar-refractivity contribution in [1.82, 2.24) is 15.1 Å². The molecule has 2 aromatic rings. The summed E-state index contributed by atoms with van der Waals surface area (Å²) in [6, 6.07) is 4.47. The van der Waals surface area contributed by atoms with Crippen LogP contribution in [0.4, 0.5) is 0 Å². The number of halogens is 1. The summed E-state index contributed by atoms with van der Waals surface area (Å²) in [5.41, 5.74) is 1.19. The van der Waals surface area contributed by atoms with E-state index in [-0.39, 0.29) is 0 Å². The molecule has 0 aliphatic heterocycles. The molecule has 2 heterocycles. The fourth-order valence-electron chi connectivity index (χ4n) is 1.54. The Labute approximate surface area is 108 Å². The molecule has 1 unspecified atom stereocenters. The Hall–Kier alpha value is -0.650. The molecule has 2 aromatic heterocycles. The van der Waals surface area contributed by atoms with Crippen LogP contribution in [0.3, 0.4) is 0 Å². The normalized spacial score (nSPS) is 12.9. The van der Waals surface area contributed by atoms with Crippen molar-refractivity contribution in [2.75, 3.05) is 0 Å². The minimum absolute atomic E-state index is 0.351. The lowest BCUT2D eigenvalue weighted by molar-refractivity contribution is 0.553. The summed E-state index contributed by atoms with van der Waals surface area (Å²) in [5.74, 6) is 0. The van der Waals surface area contributed by atoms with Crippen LogP contribution in [-0.2, 0) is 13.6 Å². The summed E-state index contributed by atoms with van der Waals surface area (Å²) in [4.78, 5) is 1.34. The second-order valence-electron chi connectivity index (χ2n) is 3.68. The summed E-state index contributed by atoms with van der Waals surface area (Å²) in [6.07, 6.45) is 1.82.